The quantitative estimate of drug-likeness (QED) is 0.356. The van der Waals surface area contributed by atoms with E-state index in [1.54, 1.807) is 25.1 Å². The van der Waals surface area contributed by atoms with Gasteiger partial charge in [0.25, 0.3) is 0 Å². The lowest BCUT2D eigenvalue weighted by molar-refractivity contribution is 0.0995. The van der Waals surface area contributed by atoms with Crippen LogP contribution in [0.5, 0.6) is 0 Å². The second kappa shape index (κ2) is 5.02. The van der Waals surface area contributed by atoms with Crippen LogP contribution in [0.3, 0.4) is 0 Å². The molecule has 0 fully saturated rings. The van der Waals surface area contributed by atoms with E-state index in [0.29, 0.717) is 11.1 Å². The minimum Gasteiger partial charge on any atom is -0.298 e. The van der Waals surface area contributed by atoms with Gasteiger partial charge in [0.1, 0.15) is 0 Å². The van der Waals surface area contributed by atoms with Gasteiger partial charge in [-0.25, -0.2) is 0 Å². The molecule has 0 spiro atoms. The standard InChI is InChI=1S/C10H8BrIO2/c1-6(11)10(14)8-4-2-3-7(5-13)9(8)12/h2-6H,1H3. The topological polar surface area (TPSA) is 34.1 Å². The molecule has 74 valence electrons. The normalized spacial score (nSPS) is 12.2. The fourth-order valence-corrected chi connectivity index (χ4v) is 2.04. The number of rotatable bonds is 3. The van der Waals surface area contributed by atoms with Crippen molar-refractivity contribution in [1.29, 1.82) is 0 Å². The zero-order chi connectivity index (χ0) is 10.7. The summed E-state index contributed by atoms with van der Waals surface area (Å²) in [5.41, 5.74) is 1.16. The first-order chi connectivity index (χ1) is 6.57. The van der Waals surface area contributed by atoms with Crippen molar-refractivity contribution < 1.29 is 9.59 Å². The van der Waals surface area contributed by atoms with Gasteiger partial charge in [0.15, 0.2) is 12.1 Å². The number of hydrogen-bond donors (Lipinski definition) is 0. The predicted molar refractivity (Wildman–Crippen MR) is 67.3 cm³/mol. The first-order valence-corrected chi connectivity index (χ1v) is 5.99. The summed E-state index contributed by atoms with van der Waals surface area (Å²) in [5.74, 6) is -0.00176. The van der Waals surface area contributed by atoms with Gasteiger partial charge in [-0.05, 0) is 29.5 Å². The van der Waals surface area contributed by atoms with Crippen LogP contribution in [-0.4, -0.2) is 16.9 Å². The van der Waals surface area contributed by atoms with E-state index in [1.165, 1.54) is 0 Å². The van der Waals surface area contributed by atoms with E-state index < -0.39 is 0 Å². The molecule has 0 N–H and O–H groups in total. The summed E-state index contributed by atoms with van der Waals surface area (Å²) in [4.78, 5) is 22.1. The Balaban J connectivity index is 3.22. The van der Waals surface area contributed by atoms with Gasteiger partial charge in [0.2, 0.25) is 0 Å². The van der Waals surface area contributed by atoms with Crippen LogP contribution in [0, 0.1) is 3.57 Å². The van der Waals surface area contributed by atoms with Crippen LogP contribution in [0.25, 0.3) is 0 Å². The molecule has 0 aliphatic heterocycles. The second-order valence-corrected chi connectivity index (χ2v) is 5.26. The summed E-state index contributed by atoms with van der Waals surface area (Å²) in [7, 11) is 0. The molecule has 0 aliphatic rings. The van der Waals surface area contributed by atoms with Gasteiger partial charge >= 0.3 is 0 Å². The molecule has 0 bridgehead atoms. The minimum atomic E-state index is -0.224. The summed E-state index contributed by atoms with van der Waals surface area (Å²) in [6.45, 7) is 1.77. The Morgan fingerprint density at radius 1 is 1.57 bits per heavy atom. The molecule has 1 aromatic carbocycles. The lowest BCUT2D eigenvalue weighted by Gasteiger charge is -2.06. The highest BCUT2D eigenvalue weighted by Crippen LogP contribution is 2.19. The molecule has 2 nitrogen and oxygen atoms in total. The van der Waals surface area contributed by atoms with Crippen molar-refractivity contribution in [1.82, 2.24) is 0 Å². The number of Topliss-reactive ketones (excluding diaryl/α,β-unsaturated/α-hetero) is 1. The number of halogens is 2. The zero-order valence-electron chi connectivity index (χ0n) is 7.46. The predicted octanol–water partition coefficient (Wildman–Crippen LogP) is 3.07. The van der Waals surface area contributed by atoms with Gasteiger partial charge in [0, 0.05) is 14.7 Å². The molecule has 1 rings (SSSR count). The summed E-state index contributed by atoms with van der Waals surface area (Å²) >= 11 is 5.23. The molecule has 4 heteroatoms. The Hall–Kier alpha value is -0.230. The fraction of sp³-hybridized carbons (Fsp3) is 0.200. The van der Waals surface area contributed by atoms with Gasteiger partial charge in [-0.3, -0.25) is 9.59 Å². The molecule has 0 radical (unpaired) electrons. The lowest BCUT2D eigenvalue weighted by Crippen LogP contribution is -2.12. The van der Waals surface area contributed by atoms with Crippen molar-refractivity contribution in [3.63, 3.8) is 0 Å². The lowest BCUT2D eigenvalue weighted by atomic mass is 10.1. The van der Waals surface area contributed by atoms with Crippen LogP contribution < -0.4 is 0 Å². The minimum absolute atomic E-state index is 0.00176. The molecule has 0 saturated heterocycles. The molecular weight excluding hydrogens is 359 g/mol. The molecule has 1 unspecified atom stereocenters. The van der Waals surface area contributed by atoms with Crippen molar-refractivity contribution in [2.75, 3.05) is 0 Å². The molecule has 1 atom stereocenters. The van der Waals surface area contributed by atoms with Gasteiger partial charge in [-0.2, -0.15) is 0 Å². The number of hydrogen-bond acceptors (Lipinski definition) is 2. The Kier molecular flexibility index (Phi) is 4.25. The number of aldehydes is 1. The van der Waals surface area contributed by atoms with Crippen LogP contribution in [0.1, 0.15) is 27.6 Å². The second-order valence-electron chi connectivity index (χ2n) is 2.81. The molecule has 0 aromatic heterocycles. The number of alkyl halides is 1. The summed E-state index contributed by atoms with van der Waals surface area (Å²) in [6, 6.07) is 5.15. The molecule has 0 aliphatic carbocycles. The monoisotopic (exact) mass is 366 g/mol. The average Bonchev–Trinajstić information content (AvgIpc) is 2.17. The number of carbonyl (C=O) groups is 2. The third kappa shape index (κ3) is 2.42. The van der Waals surface area contributed by atoms with Crippen LogP contribution >= 0.6 is 38.5 Å². The zero-order valence-corrected chi connectivity index (χ0v) is 11.2. The van der Waals surface area contributed by atoms with Crippen molar-refractivity contribution in [2.24, 2.45) is 0 Å². The van der Waals surface area contributed by atoms with E-state index >= 15 is 0 Å². The molecule has 0 heterocycles. The van der Waals surface area contributed by atoms with Crippen molar-refractivity contribution in [3.05, 3.63) is 32.9 Å². The summed E-state index contributed by atoms with van der Waals surface area (Å²) < 4.78 is 0.719. The Morgan fingerprint density at radius 3 is 2.71 bits per heavy atom. The highest BCUT2D eigenvalue weighted by atomic mass is 127. The molecule has 0 saturated carbocycles. The van der Waals surface area contributed by atoms with E-state index in [2.05, 4.69) is 15.9 Å². The van der Waals surface area contributed by atoms with Crippen molar-refractivity contribution in [2.45, 2.75) is 11.8 Å². The van der Waals surface area contributed by atoms with Gasteiger partial charge in [-0.1, -0.05) is 34.1 Å². The van der Waals surface area contributed by atoms with Crippen molar-refractivity contribution >= 4 is 50.6 Å². The van der Waals surface area contributed by atoms with Crippen LogP contribution in [0.4, 0.5) is 0 Å². The van der Waals surface area contributed by atoms with E-state index in [-0.39, 0.29) is 10.6 Å². The fourth-order valence-electron chi connectivity index (χ4n) is 1.05. The van der Waals surface area contributed by atoms with Crippen LogP contribution in [-0.2, 0) is 0 Å². The van der Waals surface area contributed by atoms with Gasteiger partial charge in [-0.15, -0.1) is 0 Å². The Labute approximate surface area is 104 Å². The van der Waals surface area contributed by atoms with Crippen LogP contribution in [0.2, 0.25) is 0 Å². The molecule has 14 heavy (non-hydrogen) atoms. The van der Waals surface area contributed by atoms with E-state index in [0.717, 1.165) is 9.86 Å². The molecule has 1 aromatic rings. The van der Waals surface area contributed by atoms with E-state index in [4.69, 9.17) is 0 Å². The largest absolute Gasteiger partial charge is 0.298 e. The van der Waals surface area contributed by atoms with E-state index in [9.17, 15) is 9.59 Å². The maximum Gasteiger partial charge on any atom is 0.177 e. The Morgan fingerprint density at radius 2 is 2.21 bits per heavy atom. The maximum absolute atomic E-state index is 11.7. The van der Waals surface area contributed by atoms with E-state index in [1.807, 2.05) is 22.6 Å². The van der Waals surface area contributed by atoms with Gasteiger partial charge in [0.05, 0.1) is 4.83 Å². The van der Waals surface area contributed by atoms with Gasteiger partial charge < -0.3 is 0 Å². The smallest absolute Gasteiger partial charge is 0.177 e. The molecular formula is C10H8BrIO2. The highest BCUT2D eigenvalue weighted by molar-refractivity contribution is 14.1. The number of benzene rings is 1. The number of ketones is 1. The van der Waals surface area contributed by atoms with Crippen LogP contribution in [0.15, 0.2) is 18.2 Å². The highest BCUT2D eigenvalue weighted by Gasteiger charge is 2.16. The Bertz CT molecular complexity index is 374. The average molecular weight is 367 g/mol. The summed E-state index contributed by atoms with van der Waals surface area (Å²) in [5, 5.41) is 0. The van der Waals surface area contributed by atoms with Crippen molar-refractivity contribution in [3.8, 4) is 0 Å². The first-order valence-electron chi connectivity index (χ1n) is 4.00. The summed E-state index contributed by atoms with van der Waals surface area (Å²) in [6.07, 6.45) is 0.761. The number of carbonyl (C=O) groups excluding carboxylic acids is 2. The third-order valence-electron chi connectivity index (χ3n) is 1.78. The molecule has 0 amide bonds. The third-order valence-corrected chi connectivity index (χ3v) is 3.40. The first kappa shape index (κ1) is 11.8. The SMILES string of the molecule is CC(Br)C(=O)c1cccc(C=O)c1I. The maximum atomic E-state index is 11.7.